The van der Waals surface area contributed by atoms with Gasteiger partial charge in [-0.2, -0.15) is 5.10 Å². The minimum absolute atomic E-state index is 0.436. The number of pyridine rings is 1. The van der Waals surface area contributed by atoms with Crippen LogP contribution in [0.3, 0.4) is 0 Å². The third-order valence-electron chi connectivity index (χ3n) is 2.80. The lowest BCUT2D eigenvalue weighted by atomic mass is 9.93. The number of aliphatic carboxylic acids is 1. The van der Waals surface area contributed by atoms with Crippen LogP contribution in [0, 0.1) is 0 Å². The van der Waals surface area contributed by atoms with Crippen LogP contribution in [0.5, 0.6) is 0 Å². The summed E-state index contributed by atoms with van der Waals surface area (Å²) in [6.45, 7) is 1.43. The van der Waals surface area contributed by atoms with Crippen molar-refractivity contribution < 1.29 is 9.90 Å². The molecule has 0 saturated carbocycles. The average molecular weight is 245 g/mol. The van der Waals surface area contributed by atoms with E-state index in [9.17, 15) is 14.7 Å². The number of hydrogen-bond acceptors (Lipinski definition) is 4. The number of carboxylic acid groups (broad SMARTS) is 1. The maximum absolute atomic E-state index is 11.8. The first kappa shape index (κ1) is 12.0. The summed E-state index contributed by atoms with van der Waals surface area (Å²) >= 11 is 0. The lowest BCUT2D eigenvalue weighted by Crippen LogP contribution is -2.47. The highest BCUT2D eigenvalue weighted by molar-refractivity contribution is 5.80. The first-order chi connectivity index (χ1) is 8.56. The van der Waals surface area contributed by atoms with Crippen LogP contribution in [0.25, 0.3) is 0 Å². The fraction of sp³-hybridized carbons (Fsp3) is 0.167. The van der Waals surface area contributed by atoms with E-state index < -0.39 is 17.1 Å². The van der Waals surface area contributed by atoms with Gasteiger partial charge in [0.2, 0.25) is 0 Å². The molecule has 18 heavy (non-hydrogen) atoms. The monoisotopic (exact) mass is 245 g/mol. The quantitative estimate of drug-likeness (QED) is 0.850. The predicted octanol–water partition coefficient (Wildman–Crippen LogP) is 0.486. The number of carboxylic acids is 1. The van der Waals surface area contributed by atoms with Crippen molar-refractivity contribution in [3.63, 3.8) is 0 Å². The van der Waals surface area contributed by atoms with Crippen molar-refractivity contribution >= 4 is 5.97 Å². The molecule has 0 radical (unpaired) electrons. The minimum Gasteiger partial charge on any atom is -0.479 e. The van der Waals surface area contributed by atoms with Crippen LogP contribution in [0.15, 0.2) is 47.7 Å². The maximum Gasteiger partial charge on any atom is 0.336 e. The molecule has 92 valence electrons. The molecule has 0 spiro atoms. The Kier molecular flexibility index (Phi) is 2.93. The molecule has 1 N–H and O–H groups in total. The van der Waals surface area contributed by atoms with Crippen LogP contribution < -0.4 is 5.56 Å². The normalized spacial score (nSPS) is 13.8. The Balaban J connectivity index is 2.71. The topological polar surface area (TPSA) is 85.1 Å². The molecule has 2 aromatic heterocycles. The van der Waals surface area contributed by atoms with Gasteiger partial charge in [0.15, 0.2) is 5.54 Å². The molecule has 1 unspecified atom stereocenters. The van der Waals surface area contributed by atoms with Crippen molar-refractivity contribution in [1.82, 2.24) is 14.8 Å². The summed E-state index contributed by atoms with van der Waals surface area (Å²) in [5.41, 5.74) is -1.59. The number of nitrogens with zero attached hydrogens (tertiary/aromatic N) is 3. The molecule has 0 fully saturated rings. The summed E-state index contributed by atoms with van der Waals surface area (Å²) in [6.07, 6.45) is 4.33. The molecule has 0 aliphatic rings. The maximum atomic E-state index is 11.8. The highest BCUT2D eigenvalue weighted by atomic mass is 16.4. The Morgan fingerprint density at radius 3 is 2.50 bits per heavy atom. The molecule has 1 atom stereocenters. The van der Waals surface area contributed by atoms with Gasteiger partial charge in [-0.25, -0.2) is 9.48 Å². The van der Waals surface area contributed by atoms with Gasteiger partial charge >= 0.3 is 5.97 Å². The van der Waals surface area contributed by atoms with E-state index in [-0.39, 0.29) is 0 Å². The van der Waals surface area contributed by atoms with Crippen LogP contribution >= 0.6 is 0 Å². The Morgan fingerprint density at radius 1 is 1.28 bits per heavy atom. The molecule has 0 aliphatic carbocycles. The van der Waals surface area contributed by atoms with E-state index >= 15 is 0 Å². The second kappa shape index (κ2) is 4.40. The summed E-state index contributed by atoms with van der Waals surface area (Å²) in [5, 5.41) is 13.3. The van der Waals surface area contributed by atoms with E-state index in [1.165, 1.54) is 37.6 Å². The molecule has 0 aromatic carbocycles. The average Bonchev–Trinajstić information content (AvgIpc) is 2.39. The van der Waals surface area contributed by atoms with E-state index in [1.807, 2.05) is 0 Å². The highest BCUT2D eigenvalue weighted by Gasteiger charge is 2.39. The Labute approximate surface area is 103 Å². The van der Waals surface area contributed by atoms with Gasteiger partial charge in [-0.15, -0.1) is 0 Å². The van der Waals surface area contributed by atoms with E-state index in [2.05, 4.69) is 10.1 Å². The number of aromatic nitrogens is 3. The van der Waals surface area contributed by atoms with Crippen LogP contribution in [0.2, 0.25) is 0 Å². The Morgan fingerprint density at radius 2 is 1.94 bits per heavy atom. The summed E-state index contributed by atoms with van der Waals surface area (Å²) < 4.78 is 0.949. The van der Waals surface area contributed by atoms with E-state index in [1.54, 1.807) is 12.1 Å². The molecule has 0 aliphatic heterocycles. The van der Waals surface area contributed by atoms with Crippen LogP contribution in [-0.2, 0) is 10.3 Å². The van der Waals surface area contributed by atoms with Gasteiger partial charge < -0.3 is 5.11 Å². The molecule has 0 bridgehead atoms. The summed E-state index contributed by atoms with van der Waals surface area (Å²) in [7, 11) is 0. The van der Waals surface area contributed by atoms with Gasteiger partial charge in [0.05, 0.1) is 0 Å². The molecule has 6 heteroatoms. The van der Waals surface area contributed by atoms with Gasteiger partial charge in [0.25, 0.3) is 5.56 Å². The van der Waals surface area contributed by atoms with Crippen molar-refractivity contribution in [2.24, 2.45) is 0 Å². The third-order valence-corrected chi connectivity index (χ3v) is 2.80. The Bertz CT molecular complexity index is 624. The van der Waals surface area contributed by atoms with E-state index in [0.717, 1.165) is 4.68 Å². The zero-order chi connectivity index (χ0) is 13.2. The van der Waals surface area contributed by atoms with Crippen LogP contribution in [0.4, 0.5) is 0 Å². The van der Waals surface area contributed by atoms with E-state index in [4.69, 9.17) is 0 Å². The van der Waals surface area contributed by atoms with Crippen LogP contribution in [0.1, 0.15) is 12.5 Å². The SMILES string of the molecule is CC(C(=O)O)(c1ccncc1)n1ncccc1=O. The standard InChI is InChI=1S/C12H11N3O3/c1-12(11(17)18,9-4-7-13-8-5-9)15-10(16)3-2-6-14-15/h2-8H,1H3,(H,17,18). The molecular formula is C12H11N3O3. The van der Waals surface area contributed by atoms with E-state index in [0.29, 0.717) is 5.56 Å². The lowest BCUT2D eigenvalue weighted by molar-refractivity contribution is -0.145. The molecule has 2 rings (SSSR count). The highest BCUT2D eigenvalue weighted by Crippen LogP contribution is 2.23. The lowest BCUT2D eigenvalue weighted by Gasteiger charge is -2.26. The van der Waals surface area contributed by atoms with Crippen molar-refractivity contribution in [3.05, 3.63) is 58.8 Å². The Hall–Kier alpha value is -2.50. The largest absolute Gasteiger partial charge is 0.479 e. The molecule has 2 aromatic rings. The molecule has 0 amide bonds. The molecular weight excluding hydrogens is 234 g/mol. The van der Waals surface area contributed by atoms with Crippen LogP contribution in [-0.4, -0.2) is 25.8 Å². The molecule has 2 heterocycles. The fourth-order valence-electron chi connectivity index (χ4n) is 1.71. The first-order valence-electron chi connectivity index (χ1n) is 5.25. The van der Waals surface area contributed by atoms with Crippen molar-refractivity contribution in [2.45, 2.75) is 12.5 Å². The zero-order valence-electron chi connectivity index (χ0n) is 9.65. The number of hydrogen-bond donors (Lipinski definition) is 1. The predicted molar refractivity (Wildman–Crippen MR) is 63.1 cm³/mol. The van der Waals surface area contributed by atoms with Gasteiger partial charge in [0.1, 0.15) is 0 Å². The number of rotatable bonds is 3. The zero-order valence-corrected chi connectivity index (χ0v) is 9.65. The molecule has 0 saturated heterocycles. The van der Waals surface area contributed by atoms with Gasteiger partial charge in [0, 0.05) is 24.7 Å². The van der Waals surface area contributed by atoms with Gasteiger partial charge in [-0.1, -0.05) is 0 Å². The summed E-state index contributed by atoms with van der Waals surface area (Å²) in [6, 6.07) is 5.84. The van der Waals surface area contributed by atoms with Crippen molar-refractivity contribution in [1.29, 1.82) is 0 Å². The molecule has 6 nitrogen and oxygen atoms in total. The first-order valence-corrected chi connectivity index (χ1v) is 5.25. The second-order valence-electron chi connectivity index (χ2n) is 3.89. The second-order valence-corrected chi connectivity index (χ2v) is 3.89. The minimum atomic E-state index is -1.55. The van der Waals surface area contributed by atoms with Gasteiger partial charge in [-0.3, -0.25) is 9.78 Å². The summed E-state index contributed by atoms with van der Waals surface area (Å²) in [4.78, 5) is 27.2. The third kappa shape index (κ3) is 1.77. The number of carbonyl (C=O) groups is 1. The van der Waals surface area contributed by atoms with Crippen molar-refractivity contribution in [3.8, 4) is 0 Å². The summed E-state index contributed by atoms with van der Waals surface area (Å²) in [5.74, 6) is -1.16. The fourth-order valence-corrected chi connectivity index (χ4v) is 1.71. The smallest absolute Gasteiger partial charge is 0.336 e. The van der Waals surface area contributed by atoms with Gasteiger partial charge in [-0.05, 0) is 30.7 Å². The van der Waals surface area contributed by atoms with Crippen molar-refractivity contribution in [2.75, 3.05) is 0 Å².